The molecule has 0 aliphatic carbocycles. The van der Waals surface area contributed by atoms with Crippen molar-refractivity contribution in [3.05, 3.63) is 60.2 Å². The Labute approximate surface area is 173 Å². The predicted molar refractivity (Wildman–Crippen MR) is 109 cm³/mol. The van der Waals surface area contributed by atoms with E-state index >= 15 is 0 Å². The van der Waals surface area contributed by atoms with E-state index in [9.17, 15) is 9.18 Å². The van der Waals surface area contributed by atoms with Crippen LogP contribution in [0.3, 0.4) is 0 Å². The first-order valence-corrected chi connectivity index (χ1v) is 9.53. The van der Waals surface area contributed by atoms with Gasteiger partial charge in [0.15, 0.2) is 0 Å². The van der Waals surface area contributed by atoms with Gasteiger partial charge in [0.2, 0.25) is 11.7 Å². The molecule has 1 aliphatic rings. The van der Waals surface area contributed by atoms with Gasteiger partial charge in [-0.2, -0.15) is 4.98 Å². The molecule has 1 saturated heterocycles. The predicted octanol–water partition coefficient (Wildman–Crippen LogP) is 3.45. The number of likely N-dealkylation sites (N-methyl/N-ethyl adjacent to an activating group) is 1. The monoisotopic (exact) mass is 411 g/mol. The van der Waals surface area contributed by atoms with Crippen molar-refractivity contribution in [3.63, 3.8) is 0 Å². The first-order valence-electron chi connectivity index (χ1n) is 9.53. The molecular weight excluding hydrogens is 389 g/mol. The van der Waals surface area contributed by atoms with Crippen molar-refractivity contribution in [3.8, 4) is 17.1 Å². The Morgan fingerprint density at radius 1 is 1.27 bits per heavy atom. The molecule has 0 bridgehead atoms. The molecular formula is C21H22FN5O3. The van der Waals surface area contributed by atoms with Crippen LogP contribution in [0.1, 0.15) is 18.4 Å². The highest BCUT2D eigenvalue weighted by Crippen LogP contribution is 2.31. The minimum Gasteiger partial charge on any atom is -0.497 e. The minimum atomic E-state index is -0.405. The van der Waals surface area contributed by atoms with Crippen LogP contribution >= 0.6 is 0 Å². The second-order valence-electron chi connectivity index (χ2n) is 7.18. The number of nitrogens with zero attached hydrogens (tertiary/aromatic N) is 3. The lowest BCUT2D eigenvalue weighted by Crippen LogP contribution is -2.39. The maximum Gasteiger partial charge on any atom is 0.319 e. The SMILES string of the molecule is COc1ccc(-c2noc([C@@H]3C[C@H](NC(=O)Nc4cccc(F)c4)CN3C)n2)cc1. The van der Waals surface area contributed by atoms with Crippen LogP contribution in [0.5, 0.6) is 5.75 Å². The lowest BCUT2D eigenvalue weighted by atomic mass is 10.1. The number of aromatic nitrogens is 2. The zero-order valence-electron chi connectivity index (χ0n) is 16.6. The maximum absolute atomic E-state index is 13.3. The van der Waals surface area contributed by atoms with Gasteiger partial charge in [-0.15, -0.1) is 0 Å². The molecule has 1 fully saturated rings. The summed E-state index contributed by atoms with van der Waals surface area (Å²) in [6.45, 7) is 0.626. The standard InChI is InChI=1S/C21H22FN5O3/c1-27-12-16(24-21(28)23-15-5-3-4-14(22)10-15)11-18(27)20-25-19(26-30-20)13-6-8-17(29-2)9-7-13/h3-10,16,18H,11-12H2,1-2H3,(H2,23,24,28)/t16-,18-/m0/s1. The van der Waals surface area contributed by atoms with Gasteiger partial charge < -0.3 is 19.9 Å². The summed E-state index contributed by atoms with van der Waals surface area (Å²) < 4.78 is 23.9. The molecule has 0 unspecified atom stereocenters. The van der Waals surface area contributed by atoms with Gasteiger partial charge in [-0.05, 0) is 55.9 Å². The average molecular weight is 411 g/mol. The van der Waals surface area contributed by atoms with E-state index in [1.54, 1.807) is 19.2 Å². The van der Waals surface area contributed by atoms with Gasteiger partial charge in [0.1, 0.15) is 11.6 Å². The second-order valence-corrected chi connectivity index (χ2v) is 7.18. The Bertz CT molecular complexity index is 1020. The number of anilines is 1. The van der Waals surface area contributed by atoms with Gasteiger partial charge in [-0.3, -0.25) is 4.90 Å². The van der Waals surface area contributed by atoms with E-state index in [1.807, 2.05) is 31.3 Å². The number of urea groups is 1. The summed E-state index contributed by atoms with van der Waals surface area (Å²) in [5.41, 5.74) is 1.23. The van der Waals surface area contributed by atoms with Gasteiger partial charge in [0, 0.05) is 23.8 Å². The molecule has 4 rings (SSSR count). The van der Waals surface area contributed by atoms with E-state index in [0.29, 0.717) is 30.4 Å². The van der Waals surface area contributed by atoms with Crippen molar-refractivity contribution in [2.24, 2.45) is 0 Å². The lowest BCUT2D eigenvalue weighted by Gasteiger charge is -2.14. The normalized spacial score (nSPS) is 18.9. The maximum atomic E-state index is 13.3. The van der Waals surface area contributed by atoms with Crippen molar-refractivity contribution >= 4 is 11.7 Å². The van der Waals surface area contributed by atoms with Crippen LogP contribution in [0, 0.1) is 5.82 Å². The van der Waals surface area contributed by atoms with Crippen LogP contribution in [0.15, 0.2) is 53.1 Å². The number of nitrogens with one attached hydrogen (secondary N) is 2. The molecule has 9 heteroatoms. The molecule has 2 heterocycles. The number of rotatable bonds is 5. The largest absolute Gasteiger partial charge is 0.497 e. The summed E-state index contributed by atoms with van der Waals surface area (Å²) in [6.07, 6.45) is 0.622. The van der Waals surface area contributed by atoms with Gasteiger partial charge in [0.25, 0.3) is 0 Å². The molecule has 0 saturated carbocycles. The molecule has 2 atom stereocenters. The zero-order valence-corrected chi connectivity index (χ0v) is 16.6. The fourth-order valence-electron chi connectivity index (χ4n) is 3.54. The van der Waals surface area contributed by atoms with Crippen LogP contribution in [0.25, 0.3) is 11.4 Å². The molecule has 156 valence electrons. The first kappa shape index (κ1) is 19.8. The van der Waals surface area contributed by atoms with Crippen LogP contribution in [-0.2, 0) is 0 Å². The quantitative estimate of drug-likeness (QED) is 0.668. The summed E-state index contributed by atoms with van der Waals surface area (Å²) in [6, 6.07) is 12.6. The van der Waals surface area contributed by atoms with Gasteiger partial charge in [-0.1, -0.05) is 11.2 Å². The molecule has 2 N–H and O–H groups in total. The number of amides is 2. The summed E-state index contributed by atoms with van der Waals surface area (Å²) in [5, 5.41) is 9.64. The van der Waals surface area contributed by atoms with Gasteiger partial charge >= 0.3 is 6.03 Å². The Kier molecular flexibility index (Phi) is 5.62. The van der Waals surface area contributed by atoms with Gasteiger partial charge in [0.05, 0.1) is 13.2 Å². The fraction of sp³-hybridized carbons (Fsp3) is 0.286. The highest BCUT2D eigenvalue weighted by Gasteiger charge is 2.35. The molecule has 2 amide bonds. The summed E-state index contributed by atoms with van der Waals surface area (Å²) in [5.74, 6) is 1.35. The van der Waals surface area contributed by atoms with Crippen molar-refractivity contribution in [1.82, 2.24) is 20.4 Å². The van der Waals surface area contributed by atoms with E-state index in [0.717, 1.165) is 11.3 Å². The van der Waals surface area contributed by atoms with E-state index in [1.165, 1.54) is 12.1 Å². The van der Waals surface area contributed by atoms with Crippen LogP contribution < -0.4 is 15.4 Å². The number of carbonyl (C=O) groups is 1. The number of methoxy groups -OCH3 is 1. The van der Waals surface area contributed by atoms with E-state index in [4.69, 9.17) is 9.26 Å². The Hall–Kier alpha value is -3.46. The topological polar surface area (TPSA) is 92.5 Å². The lowest BCUT2D eigenvalue weighted by molar-refractivity contribution is 0.243. The number of halogens is 1. The third kappa shape index (κ3) is 4.41. The van der Waals surface area contributed by atoms with Crippen molar-refractivity contribution < 1.29 is 18.4 Å². The molecule has 2 aromatic carbocycles. The first-order chi connectivity index (χ1) is 14.5. The average Bonchev–Trinajstić information content (AvgIpc) is 3.34. The Morgan fingerprint density at radius 3 is 2.80 bits per heavy atom. The third-order valence-electron chi connectivity index (χ3n) is 5.04. The molecule has 30 heavy (non-hydrogen) atoms. The highest BCUT2D eigenvalue weighted by atomic mass is 19.1. The number of benzene rings is 2. The fourth-order valence-corrected chi connectivity index (χ4v) is 3.54. The molecule has 1 aromatic heterocycles. The number of carbonyl (C=O) groups excluding carboxylic acids is 1. The number of ether oxygens (including phenoxy) is 1. The minimum absolute atomic E-state index is 0.107. The molecule has 3 aromatic rings. The van der Waals surface area contributed by atoms with Gasteiger partial charge in [-0.25, -0.2) is 9.18 Å². The Morgan fingerprint density at radius 2 is 2.07 bits per heavy atom. The Balaban J connectivity index is 1.38. The molecule has 0 spiro atoms. The van der Waals surface area contributed by atoms with E-state index < -0.39 is 5.82 Å². The van der Waals surface area contributed by atoms with Crippen molar-refractivity contribution in [1.29, 1.82) is 0 Å². The highest BCUT2D eigenvalue weighted by molar-refractivity contribution is 5.89. The molecule has 0 radical (unpaired) electrons. The van der Waals surface area contributed by atoms with E-state index in [2.05, 4.69) is 25.7 Å². The van der Waals surface area contributed by atoms with Crippen molar-refractivity contribution in [2.75, 3.05) is 26.0 Å². The van der Waals surface area contributed by atoms with Crippen LogP contribution in [-0.4, -0.2) is 47.8 Å². The summed E-state index contributed by atoms with van der Waals surface area (Å²) >= 11 is 0. The smallest absolute Gasteiger partial charge is 0.319 e. The zero-order chi connectivity index (χ0) is 21.1. The molecule has 1 aliphatic heterocycles. The van der Waals surface area contributed by atoms with E-state index in [-0.39, 0.29) is 18.1 Å². The van der Waals surface area contributed by atoms with Crippen molar-refractivity contribution in [2.45, 2.75) is 18.5 Å². The number of likely N-dealkylation sites (tertiary alicyclic amines) is 1. The van der Waals surface area contributed by atoms with Crippen LogP contribution in [0.4, 0.5) is 14.9 Å². The second kappa shape index (κ2) is 8.50. The third-order valence-corrected chi connectivity index (χ3v) is 5.04. The molecule has 8 nitrogen and oxygen atoms in total. The summed E-state index contributed by atoms with van der Waals surface area (Å²) in [4.78, 5) is 18.8. The number of hydrogen-bond acceptors (Lipinski definition) is 6. The van der Waals surface area contributed by atoms with Crippen LogP contribution in [0.2, 0.25) is 0 Å². The summed E-state index contributed by atoms with van der Waals surface area (Å²) in [7, 11) is 3.55. The number of hydrogen-bond donors (Lipinski definition) is 2.